The first-order valence-electron chi connectivity index (χ1n) is 5.76. The third-order valence-electron chi connectivity index (χ3n) is 2.82. The van der Waals surface area contributed by atoms with Gasteiger partial charge >= 0.3 is 6.09 Å². The lowest BCUT2D eigenvalue weighted by atomic mass is 10.0. The molecule has 1 aromatic carbocycles. The molecule has 0 saturated carbocycles. The summed E-state index contributed by atoms with van der Waals surface area (Å²) in [5.74, 6) is 0. The maximum atomic E-state index is 11.0. The van der Waals surface area contributed by atoms with E-state index in [1.165, 1.54) is 4.90 Å². The first-order valence-corrected chi connectivity index (χ1v) is 5.76. The number of hydrogen-bond donors (Lipinski definition) is 2. The molecule has 0 radical (unpaired) electrons. The van der Waals surface area contributed by atoms with Crippen LogP contribution in [0.4, 0.5) is 4.79 Å². The maximum absolute atomic E-state index is 11.0. The minimum atomic E-state index is -0.890. The van der Waals surface area contributed by atoms with E-state index < -0.39 is 6.09 Å². The maximum Gasteiger partial charge on any atom is 0.407 e. The molecule has 17 heavy (non-hydrogen) atoms. The Bertz CT molecular complexity index is 379. The summed E-state index contributed by atoms with van der Waals surface area (Å²) in [7, 11) is 0. The first-order chi connectivity index (χ1) is 8.08. The summed E-state index contributed by atoms with van der Waals surface area (Å²) in [6, 6.07) is 7.52. The molecule has 4 nitrogen and oxygen atoms in total. The normalized spacial score (nSPS) is 12.2. The highest BCUT2D eigenvalue weighted by atomic mass is 16.4. The molecule has 0 aliphatic heterocycles. The third kappa shape index (κ3) is 3.75. The largest absolute Gasteiger partial charge is 0.465 e. The fourth-order valence-corrected chi connectivity index (χ4v) is 1.94. The Morgan fingerprint density at radius 2 is 2.06 bits per heavy atom. The van der Waals surface area contributed by atoms with Crippen LogP contribution in [0.25, 0.3) is 0 Å². The number of nitrogens with zero attached hydrogens (tertiary/aromatic N) is 1. The fourth-order valence-electron chi connectivity index (χ4n) is 1.94. The summed E-state index contributed by atoms with van der Waals surface area (Å²) in [5, 5.41) is 18.0. The number of likely N-dealkylation sites (N-methyl/N-ethyl adjacent to an activating group) is 1. The van der Waals surface area contributed by atoms with Gasteiger partial charge in [0, 0.05) is 12.6 Å². The van der Waals surface area contributed by atoms with Gasteiger partial charge in [0.15, 0.2) is 0 Å². The van der Waals surface area contributed by atoms with Gasteiger partial charge in [0.2, 0.25) is 0 Å². The van der Waals surface area contributed by atoms with Gasteiger partial charge in [-0.25, -0.2) is 4.79 Å². The van der Waals surface area contributed by atoms with Crippen LogP contribution in [0, 0.1) is 0 Å². The summed E-state index contributed by atoms with van der Waals surface area (Å²) in [5.41, 5.74) is 1.90. The summed E-state index contributed by atoms with van der Waals surface area (Å²) in [6.45, 7) is 4.22. The second kappa shape index (κ2) is 6.25. The molecule has 0 unspecified atom stereocenters. The number of carbonyl (C=O) groups is 1. The van der Waals surface area contributed by atoms with Crippen LogP contribution in [0.3, 0.4) is 0 Å². The van der Waals surface area contributed by atoms with Gasteiger partial charge in [-0.3, -0.25) is 0 Å². The predicted molar refractivity (Wildman–Crippen MR) is 65.9 cm³/mol. The molecule has 0 aromatic heterocycles. The summed E-state index contributed by atoms with van der Waals surface area (Å²) in [6.07, 6.45) is -0.230. The van der Waals surface area contributed by atoms with Crippen molar-refractivity contribution in [1.82, 2.24) is 4.90 Å². The van der Waals surface area contributed by atoms with Crippen molar-refractivity contribution in [3.63, 3.8) is 0 Å². The van der Waals surface area contributed by atoms with Gasteiger partial charge in [-0.05, 0) is 31.4 Å². The molecule has 0 spiro atoms. The smallest absolute Gasteiger partial charge is 0.407 e. The standard InChI is InChI=1S/C13H19NO3/c1-3-14(13(16)17)10(2)7-11-5-4-6-12(8-11)9-15/h4-6,8,10,15H,3,7,9H2,1-2H3,(H,16,17)/t10-/m1/s1. The van der Waals surface area contributed by atoms with E-state index in [2.05, 4.69) is 0 Å². The Balaban J connectivity index is 2.72. The van der Waals surface area contributed by atoms with Gasteiger partial charge in [0.25, 0.3) is 0 Å². The monoisotopic (exact) mass is 237 g/mol. The van der Waals surface area contributed by atoms with Crippen molar-refractivity contribution < 1.29 is 15.0 Å². The van der Waals surface area contributed by atoms with Gasteiger partial charge in [-0.15, -0.1) is 0 Å². The van der Waals surface area contributed by atoms with Crippen molar-refractivity contribution in [2.45, 2.75) is 32.9 Å². The van der Waals surface area contributed by atoms with Crippen molar-refractivity contribution in [2.24, 2.45) is 0 Å². The first kappa shape index (κ1) is 13.5. The lowest BCUT2D eigenvalue weighted by molar-refractivity contribution is 0.131. The highest BCUT2D eigenvalue weighted by Crippen LogP contribution is 2.11. The van der Waals surface area contributed by atoms with Gasteiger partial charge < -0.3 is 15.1 Å². The molecule has 0 bridgehead atoms. The van der Waals surface area contributed by atoms with E-state index >= 15 is 0 Å². The van der Waals surface area contributed by atoms with Crippen molar-refractivity contribution in [3.05, 3.63) is 35.4 Å². The Kier molecular flexibility index (Phi) is 4.97. The number of carboxylic acid groups (broad SMARTS) is 1. The SMILES string of the molecule is CCN(C(=O)O)[C@H](C)Cc1cccc(CO)c1. The van der Waals surface area contributed by atoms with Crippen LogP contribution in [0.1, 0.15) is 25.0 Å². The predicted octanol–water partition coefficient (Wildman–Crippen LogP) is 2.11. The zero-order chi connectivity index (χ0) is 12.8. The Morgan fingerprint density at radius 1 is 1.41 bits per heavy atom. The quantitative estimate of drug-likeness (QED) is 0.824. The minimum absolute atomic E-state index is 0.0125. The van der Waals surface area contributed by atoms with E-state index in [0.717, 1.165) is 11.1 Å². The molecule has 2 N–H and O–H groups in total. The molecule has 0 heterocycles. The molecular formula is C13H19NO3. The van der Waals surface area contributed by atoms with E-state index in [0.29, 0.717) is 13.0 Å². The van der Waals surface area contributed by atoms with Crippen LogP contribution >= 0.6 is 0 Å². The van der Waals surface area contributed by atoms with E-state index in [-0.39, 0.29) is 12.6 Å². The molecule has 0 saturated heterocycles. The Hall–Kier alpha value is -1.55. The van der Waals surface area contributed by atoms with Crippen molar-refractivity contribution in [2.75, 3.05) is 6.54 Å². The van der Waals surface area contributed by atoms with Gasteiger partial charge in [-0.2, -0.15) is 0 Å². The van der Waals surface area contributed by atoms with Crippen molar-refractivity contribution in [3.8, 4) is 0 Å². The lowest BCUT2D eigenvalue weighted by Crippen LogP contribution is -2.38. The minimum Gasteiger partial charge on any atom is -0.465 e. The second-order valence-corrected chi connectivity index (χ2v) is 4.10. The molecule has 0 aliphatic carbocycles. The van der Waals surface area contributed by atoms with Gasteiger partial charge in [-0.1, -0.05) is 24.3 Å². The van der Waals surface area contributed by atoms with Gasteiger partial charge in [0.05, 0.1) is 6.61 Å². The summed E-state index contributed by atoms with van der Waals surface area (Å²) in [4.78, 5) is 12.4. The van der Waals surface area contributed by atoms with Crippen LogP contribution in [0.5, 0.6) is 0 Å². The van der Waals surface area contributed by atoms with Crippen LogP contribution in [0.2, 0.25) is 0 Å². The van der Waals surface area contributed by atoms with E-state index in [9.17, 15) is 4.79 Å². The molecule has 0 aliphatic rings. The van der Waals surface area contributed by atoms with Crippen molar-refractivity contribution in [1.29, 1.82) is 0 Å². The molecule has 4 heteroatoms. The Labute approximate surface area is 101 Å². The Morgan fingerprint density at radius 3 is 2.59 bits per heavy atom. The highest BCUT2D eigenvalue weighted by Gasteiger charge is 2.17. The molecule has 1 atom stereocenters. The zero-order valence-electron chi connectivity index (χ0n) is 10.3. The fraction of sp³-hybridized carbons (Fsp3) is 0.462. The molecule has 1 rings (SSSR count). The number of benzene rings is 1. The van der Waals surface area contributed by atoms with Gasteiger partial charge in [0.1, 0.15) is 0 Å². The third-order valence-corrected chi connectivity index (χ3v) is 2.82. The molecular weight excluding hydrogens is 218 g/mol. The molecule has 94 valence electrons. The zero-order valence-corrected chi connectivity index (χ0v) is 10.3. The topological polar surface area (TPSA) is 60.8 Å². The summed E-state index contributed by atoms with van der Waals surface area (Å²) < 4.78 is 0. The van der Waals surface area contributed by atoms with E-state index in [1.54, 1.807) is 0 Å². The summed E-state index contributed by atoms with van der Waals surface area (Å²) >= 11 is 0. The molecule has 1 amide bonds. The average Bonchev–Trinajstić information content (AvgIpc) is 2.29. The van der Waals surface area contributed by atoms with Crippen LogP contribution in [-0.4, -0.2) is 33.8 Å². The number of aliphatic hydroxyl groups excluding tert-OH is 1. The van der Waals surface area contributed by atoms with E-state index in [4.69, 9.17) is 10.2 Å². The van der Waals surface area contributed by atoms with Crippen LogP contribution < -0.4 is 0 Å². The van der Waals surface area contributed by atoms with Crippen LogP contribution in [-0.2, 0) is 13.0 Å². The number of rotatable bonds is 5. The van der Waals surface area contributed by atoms with Crippen LogP contribution in [0.15, 0.2) is 24.3 Å². The number of hydrogen-bond acceptors (Lipinski definition) is 2. The lowest BCUT2D eigenvalue weighted by Gasteiger charge is -2.25. The number of aliphatic hydroxyl groups is 1. The second-order valence-electron chi connectivity index (χ2n) is 4.10. The molecule has 0 fully saturated rings. The highest BCUT2D eigenvalue weighted by molar-refractivity contribution is 5.65. The number of amides is 1. The van der Waals surface area contributed by atoms with Crippen molar-refractivity contribution >= 4 is 6.09 Å². The van der Waals surface area contributed by atoms with E-state index in [1.807, 2.05) is 38.1 Å². The molecule has 1 aromatic rings. The average molecular weight is 237 g/mol.